The molecule has 0 bridgehead atoms. The van der Waals surface area contributed by atoms with Gasteiger partial charge in [-0.2, -0.15) is 0 Å². The maximum atomic E-state index is 12.6. The molecule has 1 heterocycles. The van der Waals surface area contributed by atoms with Gasteiger partial charge in [0.05, 0.1) is 13.2 Å². The van der Waals surface area contributed by atoms with Gasteiger partial charge in [0.15, 0.2) is 18.3 Å². The Balaban J connectivity index is 1.40. The summed E-state index contributed by atoms with van der Waals surface area (Å²) in [6.07, 6.45) is -9.69. The topological polar surface area (TPSA) is 188 Å². The standard InChI is InChI=1S/C34H39NO14/c1-18(36)44-28(29-30(45-19(2)37)31(46-20(3)38)32(47-21(4)39)33(49-29)48-22(5)40)17-42-15-14-35-34(41)43-16-27-25-12-8-6-10-23(25)24-11-7-9-13-26(24)27/h6-13,27-33H,14-17H2,1-5H3,(H,35,41)/t28-,29?,30-,31?,32?,33-/m1/s1. The average molecular weight is 686 g/mol. The molecule has 1 N–H and O–H groups in total. The van der Waals surface area contributed by atoms with Crippen molar-refractivity contribution in [1.82, 2.24) is 5.32 Å². The van der Waals surface area contributed by atoms with Crippen LogP contribution in [0.1, 0.15) is 51.7 Å². The van der Waals surface area contributed by atoms with E-state index in [1.807, 2.05) is 48.5 Å². The highest BCUT2D eigenvalue weighted by molar-refractivity contribution is 5.79. The third-order valence-corrected chi connectivity index (χ3v) is 7.54. The summed E-state index contributed by atoms with van der Waals surface area (Å²) in [7, 11) is 0. The fraction of sp³-hybridized carbons (Fsp3) is 0.471. The van der Waals surface area contributed by atoms with Crippen LogP contribution in [-0.4, -0.2) is 99.1 Å². The minimum Gasteiger partial charge on any atom is -0.457 e. The van der Waals surface area contributed by atoms with Crippen molar-refractivity contribution >= 4 is 35.9 Å². The van der Waals surface area contributed by atoms with E-state index in [0.717, 1.165) is 56.9 Å². The van der Waals surface area contributed by atoms with Gasteiger partial charge in [0.2, 0.25) is 12.4 Å². The lowest BCUT2D eigenvalue weighted by atomic mass is 9.94. The summed E-state index contributed by atoms with van der Waals surface area (Å²) < 4.78 is 43.8. The zero-order chi connectivity index (χ0) is 35.7. The largest absolute Gasteiger partial charge is 0.457 e. The number of amides is 1. The smallest absolute Gasteiger partial charge is 0.407 e. The third-order valence-electron chi connectivity index (χ3n) is 7.54. The molecule has 1 aliphatic heterocycles. The molecule has 3 unspecified atom stereocenters. The Hall–Kier alpha value is -5.02. The van der Waals surface area contributed by atoms with Gasteiger partial charge in [0, 0.05) is 47.1 Å². The summed E-state index contributed by atoms with van der Waals surface area (Å²) in [4.78, 5) is 72.8. The highest BCUT2D eigenvalue weighted by Gasteiger charge is 2.56. The number of carbonyl (C=O) groups excluding carboxylic acids is 6. The molecule has 0 spiro atoms. The SMILES string of the molecule is CC(=O)OC1C(OC(C)=O)[C@H](OC(C)=O)C([C@@H](COCCNC(=O)OCC2c3ccccc3-c3ccccc32)OC(C)=O)O[C@H]1OC(C)=O. The van der Waals surface area contributed by atoms with Gasteiger partial charge in [-0.15, -0.1) is 0 Å². The van der Waals surface area contributed by atoms with E-state index in [1.165, 1.54) is 0 Å². The zero-order valence-corrected chi connectivity index (χ0v) is 27.7. The highest BCUT2D eigenvalue weighted by Crippen LogP contribution is 2.44. The second kappa shape index (κ2) is 16.9. The molecule has 1 aliphatic carbocycles. The molecule has 49 heavy (non-hydrogen) atoms. The van der Waals surface area contributed by atoms with Gasteiger partial charge in [0.25, 0.3) is 0 Å². The molecule has 0 aromatic heterocycles. The molecule has 1 saturated heterocycles. The van der Waals surface area contributed by atoms with Crippen LogP contribution in [0.2, 0.25) is 0 Å². The van der Waals surface area contributed by atoms with Crippen molar-refractivity contribution in [1.29, 1.82) is 0 Å². The van der Waals surface area contributed by atoms with Crippen LogP contribution in [0, 0.1) is 0 Å². The van der Waals surface area contributed by atoms with Crippen LogP contribution in [-0.2, 0) is 61.9 Å². The van der Waals surface area contributed by atoms with Crippen LogP contribution in [0.25, 0.3) is 11.1 Å². The summed E-state index contributed by atoms with van der Waals surface area (Å²) in [5.41, 5.74) is 4.33. The van der Waals surface area contributed by atoms with E-state index >= 15 is 0 Å². The monoisotopic (exact) mass is 685 g/mol. The molecule has 6 atom stereocenters. The summed E-state index contributed by atoms with van der Waals surface area (Å²) in [6, 6.07) is 15.9. The van der Waals surface area contributed by atoms with Crippen LogP contribution in [0.15, 0.2) is 48.5 Å². The number of fused-ring (bicyclic) bond motifs is 3. The van der Waals surface area contributed by atoms with E-state index in [-0.39, 0.29) is 32.3 Å². The van der Waals surface area contributed by atoms with Crippen LogP contribution in [0.3, 0.4) is 0 Å². The predicted molar refractivity (Wildman–Crippen MR) is 167 cm³/mol. The molecule has 1 amide bonds. The maximum Gasteiger partial charge on any atom is 0.407 e. The van der Waals surface area contributed by atoms with Crippen LogP contribution in [0.4, 0.5) is 4.79 Å². The van der Waals surface area contributed by atoms with E-state index in [0.29, 0.717) is 0 Å². The summed E-state index contributed by atoms with van der Waals surface area (Å²) >= 11 is 0. The minimum absolute atomic E-state index is 0.00301. The van der Waals surface area contributed by atoms with Crippen LogP contribution in [0.5, 0.6) is 0 Å². The van der Waals surface area contributed by atoms with E-state index in [1.54, 1.807) is 0 Å². The van der Waals surface area contributed by atoms with E-state index in [2.05, 4.69) is 5.32 Å². The number of ether oxygens (including phenoxy) is 8. The molecule has 15 nitrogen and oxygen atoms in total. The van der Waals surface area contributed by atoms with Gasteiger partial charge >= 0.3 is 35.9 Å². The summed E-state index contributed by atoms with van der Waals surface area (Å²) in [5.74, 6) is -4.25. The number of benzene rings is 2. The second-order valence-corrected chi connectivity index (χ2v) is 11.3. The second-order valence-electron chi connectivity index (χ2n) is 11.3. The van der Waals surface area contributed by atoms with E-state index in [4.69, 9.17) is 37.9 Å². The Morgan fingerprint density at radius 1 is 0.694 bits per heavy atom. The van der Waals surface area contributed by atoms with E-state index in [9.17, 15) is 28.8 Å². The van der Waals surface area contributed by atoms with Gasteiger partial charge in [-0.3, -0.25) is 24.0 Å². The minimum atomic E-state index is -1.66. The fourth-order valence-corrected chi connectivity index (χ4v) is 5.85. The first kappa shape index (κ1) is 36.8. The van der Waals surface area contributed by atoms with Gasteiger partial charge in [-0.05, 0) is 22.3 Å². The van der Waals surface area contributed by atoms with E-state index < -0.39 is 72.7 Å². The van der Waals surface area contributed by atoms with Gasteiger partial charge in [-0.25, -0.2) is 4.79 Å². The number of alkyl carbamates (subject to hydrolysis) is 1. The Kier molecular flexibility index (Phi) is 12.7. The summed E-state index contributed by atoms with van der Waals surface area (Å²) in [5, 5.41) is 2.61. The number of hydrogen-bond donors (Lipinski definition) is 1. The first-order chi connectivity index (χ1) is 23.3. The number of rotatable bonds is 13. The number of esters is 5. The maximum absolute atomic E-state index is 12.6. The van der Waals surface area contributed by atoms with Crippen molar-refractivity contribution in [2.75, 3.05) is 26.4 Å². The average Bonchev–Trinajstić information content (AvgIpc) is 3.34. The molecule has 4 rings (SSSR count). The Bertz CT molecular complexity index is 1500. The molecular weight excluding hydrogens is 646 g/mol. The van der Waals surface area contributed by atoms with Crippen molar-refractivity contribution in [2.24, 2.45) is 0 Å². The fourth-order valence-electron chi connectivity index (χ4n) is 5.85. The zero-order valence-electron chi connectivity index (χ0n) is 27.7. The van der Waals surface area contributed by atoms with Gasteiger partial charge in [-0.1, -0.05) is 48.5 Å². The quantitative estimate of drug-likeness (QED) is 0.184. The number of carbonyl (C=O) groups is 6. The Morgan fingerprint density at radius 2 is 1.22 bits per heavy atom. The Labute approximate surface area is 282 Å². The molecule has 264 valence electrons. The molecule has 0 saturated carbocycles. The van der Waals surface area contributed by atoms with Crippen molar-refractivity contribution in [3.05, 3.63) is 59.7 Å². The molecular formula is C34H39NO14. The van der Waals surface area contributed by atoms with Crippen LogP contribution >= 0.6 is 0 Å². The first-order valence-electron chi connectivity index (χ1n) is 15.5. The number of hydrogen-bond acceptors (Lipinski definition) is 14. The lowest BCUT2D eigenvalue weighted by Gasteiger charge is -2.45. The summed E-state index contributed by atoms with van der Waals surface area (Å²) in [6.45, 7) is 5.06. The molecule has 15 heteroatoms. The van der Waals surface area contributed by atoms with Gasteiger partial charge < -0.3 is 43.2 Å². The van der Waals surface area contributed by atoms with Crippen LogP contribution < -0.4 is 5.32 Å². The lowest BCUT2D eigenvalue weighted by molar-refractivity contribution is -0.310. The van der Waals surface area contributed by atoms with Crippen molar-refractivity contribution in [2.45, 2.75) is 77.3 Å². The molecule has 1 fully saturated rings. The van der Waals surface area contributed by atoms with Crippen molar-refractivity contribution in [3.63, 3.8) is 0 Å². The predicted octanol–water partition coefficient (Wildman–Crippen LogP) is 2.56. The van der Waals surface area contributed by atoms with Crippen molar-refractivity contribution in [3.8, 4) is 11.1 Å². The molecule has 2 aromatic carbocycles. The molecule has 2 aromatic rings. The highest BCUT2D eigenvalue weighted by atomic mass is 16.7. The lowest BCUT2D eigenvalue weighted by Crippen LogP contribution is -2.65. The normalized spacial score (nSPS) is 21.6. The van der Waals surface area contributed by atoms with Crippen molar-refractivity contribution < 1.29 is 66.7 Å². The number of nitrogens with one attached hydrogen (secondary N) is 1. The molecule has 2 aliphatic rings. The van der Waals surface area contributed by atoms with Gasteiger partial charge in [0.1, 0.15) is 12.7 Å². The first-order valence-corrected chi connectivity index (χ1v) is 15.5. The Morgan fingerprint density at radius 3 is 1.78 bits per heavy atom. The third kappa shape index (κ3) is 9.76. The molecule has 0 radical (unpaired) electrons.